The third kappa shape index (κ3) is 7.11. The van der Waals surface area contributed by atoms with Crippen molar-refractivity contribution in [1.82, 2.24) is 5.32 Å². The minimum atomic E-state index is 0. The quantitative estimate of drug-likeness (QED) is 0.736. The summed E-state index contributed by atoms with van der Waals surface area (Å²) in [6, 6.07) is 17.8. The molecule has 0 spiro atoms. The zero-order valence-corrected chi connectivity index (χ0v) is 15.4. The van der Waals surface area contributed by atoms with E-state index in [0.717, 1.165) is 23.5 Å². The van der Waals surface area contributed by atoms with Crippen LogP contribution in [0.1, 0.15) is 12.0 Å². The van der Waals surface area contributed by atoms with E-state index in [2.05, 4.69) is 22.3 Å². The maximum atomic E-state index is 11.9. The zero-order valence-electron chi connectivity index (χ0n) is 13.8. The van der Waals surface area contributed by atoms with Gasteiger partial charge in [-0.2, -0.15) is 0 Å². The number of likely N-dealkylation sites (N-methyl/N-ethyl adjacent to an activating group) is 1. The van der Waals surface area contributed by atoms with Crippen molar-refractivity contribution in [3.05, 3.63) is 60.2 Å². The highest BCUT2D eigenvalue weighted by Crippen LogP contribution is 2.12. The van der Waals surface area contributed by atoms with Crippen LogP contribution in [-0.4, -0.2) is 26.0 Å². The second kappa shape index (κ2) is 11.6. The Hall–Kier alpha value is -1.91. The fraction of sp³-hybridized carbons (Fsp3) is 0.278. The fourth-order valence-electron chi connectivity index (χ4n) is 2.27. The molecule has 0 aliphatic rings. The van der Waals surface area contributed by atoms with Crippen molar-refractivity contribution in [3.63, 3.8) is 0 Å². The lowest BCUT2D eigenvalue weighted by Crippen LogP contribution is -2.33. The maximum absolute atomic E-state index is 11.9. The molecule has 0 fully saturated rings. The van der Waals surface area contributed by atoms with Gasteiger partial charge in [-0.05, 0) is 30.2 Å². The molecular formula is C18H25Cl2N3O. The van der Waals surface area contributed by atoms with Gasteiger partial charge in [0, 0.05) is 37.9 Å². The fourth-order valence-corrected chi connectivity index (χ4v) is 2.27. The number of nitrogens with two attached hydrogens (primary N) is 1. The Labute approximate surface area is 156 Å². The average Bonchev–Trinajstić information content (AvgIpc) is 2.55. The molecular weight excluding hydrogens is 345 g/mol. The standard InChI is InChI=1S/C18H23N3O.2ClH/c1-21(16-8-3-2-4-9-16)14-13-20-18(22)12-11-15-7-5-6-10-17(15)19;;/h2-10H,11-14,19H2,1H3,(H,20,22);2*1H. The van der Waals surface area contributed by atoms with E-state index >= 15 is 0 Å². The van der Waals surface area contributed by atoms with Crippen LogP contribution in [0.15, 0.2) is 54.6 Å². The molecule has 4 nitrogen and oxygen atoms in total. The van der Waals surface area contributed by atoms with E-state index in [9.17, 15) is 4.79 Å². The summed E-state index contributed by atoms with van der Waals surface area (Å²) < 4.78 is 0. The van der Waals surface area contributed by atoms with E-state index < -0.39 is 0 Å². The number of carbonyl (C=O) groups is 1. The van der Waals surface area contributed by atoms with Crippen molar-refractivity contribution in [2.45, 2.75) is 12.8 Å². The lowest BCUT2D eigenvalue weighted by Gasteiger charge is -2.19. The summed E-state index contributed by atoms with van der Waals surface area (Å²) in [5.41, 5.74) is 8.80. The van der Waals surface area contributed by atoms with Gasteiger partial charge in [-0.1, -0.05) is 36.4 Å². The SMILES string of the molecule is CN(CCNC(=O)CCc1ccccc1N)c1ccccc1.Cl.Cl. The number of para-hydroxylation sites is 2. The van der Waals surface area contributed by atoms with Crippen LogP contribution >= 0.6 is 24.8 Å². The highest BCUT2D eigenvalue weighted by Gasteiger charge is 2.05. The summed E-state index contributed by atoms with van der Waals surface area (Å²) in [4.78, 5) is 14.0. The molecule has 0 radical (unpaired) electrons. The molecule has 0 unspecified atom stereocenters. The predicted molar refractivity (Wildman–Crippen MR) is 106 cm³/mol. The smallest absolute Gasteiger partial charge is 0.220 e. The van der Waals surface area contributed by atoms with Gasteiger partial charge in [0.2, 0.25) is 5.91 Å². The van der Waals surface area contributed by atoms with E-state index in [1.54, 1.807) is 0 Å². The topological polar surface area (TPSA) is 58.4 Å². The summed E-state index contributed by atoms with van der Waals surface area (Å²) in [5, 5.41) is 2.95. The number of benzene rings is 2. The van der Waals surface area contributed by atoms with Crippen molar-refractivity contribution in [1.29, 1.82) is 0 Å². The Bertz CT molecular complexity index is 608. The van der Waals surface area contributed by atoms with Gasteiger partial charge >= 0.3 is 0 Å². The lowest BCUT2D eigenvalue weighted by atomic mass is 10.1. The zero-order chi connectivity index (χ0) is 15.8. The van der Waals surface area contributed by atoms with Gasteiger partial charge in [-0.15, -0.1) is 24.8 Å². The third-order valence-corrected chi connectivity index (χ3v) is 3.64. The Morgan fingerprint density at radius 1 is 1.04 bits per heavy atom. The molecule has 6 heteroatoms. The van der Waals surface area contributed by atoms with Crippen molar-refractivity contribution in [3.8, 4) is 0 Å². The molecule has 1 amide bonds. The van der Waals surface area contributed by atoms with Gasteiger partial charge in [0.25, 0.3) is 0 Å². The molecule has 2 rings (SSSR count). The summed E-state index contributed by atoms with van der Waals surface area (Å²) in [6.45, 7) is 1.41. The Morgan fingerprint density at radius 2 is 1.67 bits per heavy atom. The molecule has 0 aromatic heterocycles. The molecule has 0 aliphatic heterocycles. The van der Waals surface area contributed by atoms with Gasteiger partial charge in [0.15, 0.2) is 0 Å². The van der Waals surface area contributed by atoms with Crippen LogP contribution in [0.5, 0.6) is 0 Å². The minimum absolute atomic E-state index is 0. The van der Waals surface area contributed by atoms with E-state index in [-0.39, 0.29) is 30.7 Å². The van der Waals surface area contributed by atoms with E-state index in [4.69, 9.17) is 5.73 Å². The first-order valence-corrected chi connectivity index (χ1v) is 7.53. The van der Waals surface area contributed by atoms with Gasteiger partial charge in [0.05, 0.1) is 0 Å². The lowest BCUT2D eigenvalue weighted by molar-refractivity contribution is -0.120. The summed E-state index contributed by atoms with van der Waals surface area (Å²) in [6.07, 6.45) is 1.14. The molecule has 0 aliphatic carbocycles. The number of nitrogen functional groups attached to an aromatic ring is 1. The van der Waals surface area contributed by atoms with Crippen LogP contribution < -0.4 is 16.0 Å². The number of halogens is 2. The van der Waals surface area contributed by atoms with Crippen LogP contribution in [0.25, 0.3) is 0 Å². The second-order valence-electron chi connectivity index (χ2n) is 5.31. The second-order valence-corrected chi connectivity index (χ2v) is 5.31. The molecule has 3 N–H and O–H groups in total. The van der Waals surface area contributed by atoms with Crippen molar-refractivity contribution >= 4 is 42.1 Å². The van der Waals surface area contributed by atoms with Gasteiger partial charge in [0.1, 0.15) is 0 Å². The van der Waals surface area contributed by atoms with Crippen LogP contribution in [0.2, 0.25) is 0 Å². The number of hydrogen-bond donors (Lipinski definition) is 2. The van der Waals surface area contributed by atoms with E-state index in [0.29, 0.717) is 19.4 Å². The van der Waals surface area contributed by atoms with Crippen LogP contribution in [-0.2, 0) is 11.2 Å². The Morgan fingerprint density at radius 3 is 2.33 bits per heavy atom. The number of carbonyl (C=O) groups excluding carboxylic acids is 1. The first-order chi connectivity index (χ1) is 10.7. The highest BCUT2D eigenvalue weighted by atomic mass is 35.5. The molecule has 0 heterocycles. The molecule has 0 atom stereocenters. The number of amides is 1. The summed E-state index contributed by atoms with van der Waals surface area (Å²) in [7, 11) is 2.02. The number of nitrogens with zero attached hydrogens (tertiary/aromatic N) is 1. The highest BCUT2D eigenvalue weighted by molar-refractivity contribution is 5.85. The Balaban J connectivity index is 0.00000264. The van der Waals surface area contributed by atoms with E-state index in [1.165, 1.54) is 0 Å². The first kappa shape index (κ1) is 22.1. The van der Waals surface area contributed by atoms with Crippen molar-refractivity contribution in [2.75, 3.05) is 30.8 Å². The van der Waals surface area contributed by atoms with E-state index in [1.807, 2.05) is 49.5 Å². The monoisotopic (exact) mass is 369 g/mol. The minimum Gasteiger partial charge on any atom is -0.399 e. The first-order valence-electron chi connectivity index (χ1n) is 7.53. The normalized spacial score (nSPS) is 9.38. The maximum Gasteiger partial charge on any atom is 0.220 e. The number of aryl methyl sites for hydroxylation is 1. The summed E-state index contributed by atoms with van der Waals surface area (Å²) >= 11 is 0. The third-order valence-electron chi connectivity index (χ3n) is 3.64. The van der Waals surface area contributed by atoms with Gasteiger partial charge in [-0.3, -0.25) is 4.79 Å². The molecule has 132 valence electrons. The molecule has 2 aromatic rings. The number of hydrogen-bond acceptors (Lipinski definition) is 3. The average molecular weight is 370 g/mol. The number of nitrogens with one attached hydrogen (secondary N) is 1. The molecule has 24 heavy (non-hydrogen) atoms. The predicted octanol–water partition coefficient (Wildman–Crippen LogP) is 3.30. The summed E-state index contributed by atoms with van der Waals surface area (Å²) in [5.74, 6) is 0.0599. The van der Waals surface area contributed by atoms with Crippen LogP contribution in [0, 0.1) is 0 Å². The number of anilines is 2. The van der Waals surface area contributed by atoms with Crippen LogP contribution in [0.3, 0.4) is 0 Å². The number of rotatable bonds is 7. The van der Waals surface area contributed by atoms with Crippen LogP contribution in [0.4, 0.5) is 11.4 Å². The molecule has 0 saturated carbocycles. The largest absolute Gasteiger partial charge is 0.399 e. The van der Waals surface area contributed by atoms with Crippen molar-refractivity contribution < 1.29 is 4.79 Å². The van der Waals surface area contributed by atoms with Gasteiger partial charge in [-0.25, -0.2) is 0 Å². The molecule has 0 bridgehead atoms. The molecule has 0 saturated heterocycles. The Kier molecular flexibility index (Phi) is 10.7. The molecule has 2 aromatic carbocycles. The van der Waals surface area contributed by atoms with Gasteiger partial charge < -0.3 is 16.0 Å². The van der Waals surface area contributed by atoms with Crippen molar-refractivity contribution in [2.24, 2.45) is 0 Å².